The molecule has 2 aliphatic rings. The number of carbonyl (C=O) groups is 3. The minimum absolute atomic E-state index is 0.0307. The van der Waals surface area contributed by atoms with E-state index in [4.69, 9.17) is 4.74 Å². The predicted molar refractivity (Wildman–Crippen MR) is 96.4 cm³/mol. The number of amides is 2. The van der Waals surface area contributed by atoms with Crippen molar-refractivity contribution in [2.75, 3.05) is 23.9 Å². The number of nitrogens with one attached hydrogen (secondary N) is 1. The third kappa shape index (κ3) is 3.52. The molecule has 2 N–H and O–H groups in total. The molecule has 140 valence electrons. The Kier molecular flexibility index (Phi) is 5.15. The summed E-state index contributed by atoms with van der Waals surface area (Å²) in [5.74, 6) is -0.649. The highest BCUT2D eigenvalue weighted by Gasteiger charge is 2.43. The molecule has 7 heteroatoms. The van der Waals surface area contributed by atoms with Gasteiger partial charge in [0.1, 0.15) is 5.75 Å². The third-order valence-corrected chi connectivity index (χ3v) is 5.34. The minimum atomic E-state index is -0.948. The van der Waals surface area contributed by atoms with Crippen molar-refractivity contribution in [3.63, 3.8) is 0 Å². The zero-order valence-corrected chi connectivity index (χ0v) is 14.9. The van der Waals surface area contributed by atoms with E-state index in [-0.39, 0.29) is 18.2 Å². The van der Waals surface area contributed by atoms with E-state index in [1.54, 1.807) is 23.1 Å². The van der Waals surface area contributed by atoms with Crippen LogP contribution in [0.5, 0.6) is 5.75 Å². The first kappa shape index (κ1) is 18.2. The monoisotopic (exact) mass is 360 g/mol. The van der Waals surface area contributed by atoms with Crippen LogP contribution in [0.4, 0.5) is 11.4 Å². The molecule has 2 fully saturated rings. The number of anilines is 2. The van der Waals surface area contributed by atoms with Gasteiger partial charge in [-0.3, -0.25) is 14.4 Å². The molecule has 0 spiro atoms. The summed E-state index contributed by atoms with van der Waals surface area (Å²) < 4.78 is 5.38. The lowest BCUT2D eigenvalue weighted by Gasteiger charge is -2.23. The first-order valence-corrected chi connectivity index (χ1v) is 8.97. The maximum absolute atomic E-state index is 12.4. The van der Waals surface area contributed by atoms with Crippen LogP contribution in [-0.4, -0.2) is 36.5 Å². The first-order valence-electron chi connectivity index (χ1n) is 8.97. The second kappa shape index (κ2) is 7.35. The van der Waals surface area contributed by atoms with E-state index in [2.05, 4.69) is 5.32 Å². The van der Waals surface area contributed by atoms with Gasteiger partial charge in [0.15, 0.2) is 0 Å². The van der Waals surface area contributed by atoms with Crippen molar-refractivity contribution in [2.24, 2.45) is 5.41 Å². The van der Waals surface area contributed by atoms with Gasteiger partial charge in [0.2, 0.25) is 11.8 Å². The van der Waals surface area contributed by atoms with Crippen LogP contribution in [0.25, 0.3) is 0 Å². The number of carbonyl (C=O) groups excluding carboxylic acids is 2. The van der Waals surface area contributed by atoms with Gasteiger partial charge in [-0.1, -0.05) is 12.8 Å². The summed E-state index contributed by atoms with van der Waals surface area (Å²) in [5.41, 5.74) is 0.266. The Bertz CT molecular complexity index is 725. The van der Waals surface area contributed by atoms with E-state index in [1.807, 2.05) is 0 Å². The maximum atomic E-state index is 12.4. The number of carboxylic acids is 1. The molecule has 1 aromatic rings. The molecular weight excluding hydrogens is 336 g/mol. The number of rotatable bonds is 6. The van der Waals surface area contributed by atoms with E-state index in [0.717, 1.165) is 19.3 Å². The fraction of sp³-hybridized carbons (Fsp3) is 0.526. The molecular formula is C19H24N2O5. The fourth-order valence-corrected chi connectivity index (χ4v) is 3.91. The predicted octanol–water partition coefficient (Wildman–Crippen LogP) is 2.80. The number of benzene rings is 1. The van der Waals surface area contributed by atoms with E-state index >= 15 is 0 Å². The molecule has 1 saturated carbocycles. The largest absolute Gasteiger partial charge is 0.494 e. The summed E-state index contributed by atoms with van der Waals surface area (Å²) in [6.45, 7) is 0.655. The highest BCUT2D eigenvalue weighted by Crippen LogP contribution is 2.42. The molecule has 1 heterocycles. The number of hydrogen-bond donors (Lipinski definition) is 2. The van der Waals surface area contributed by atoms with Gasteiger partial charge in [-0.25, -0.2) is 0 Å². The van der Waals surface area contributed by atoms with Crippen molar-refractivity contribution in [1.82, 2.24) is 0 Å². The molecule has 2 amide bonds. The highest BCUT2D eigenvalue weighted by atomic mass is 16.5. The van der Waals surface area contributed by atoms with Crippen LogP contribution in [-0.2, 0) is 14.4 Å². The fourth-order valence-electron chi connectivity index (χ4n) is 3.91. The Balaban J connectivity index is 1.72. The van der Waals surface area contributed by atoms with Crippen LogP contribution < -0.4 is 15.0 Å². The van der Waals surface area contributed by atoms with Crippen LogP contribution in [0.3, 0.4) is 0 Å². The molecule has 7 nitrogen and oxygen atoms in total. The van der Waals surface area contributed by atoms with Gasteiger partial charge in [-0.05, 0) is 31.4 Å². The molecule has 0 unspecified atom stereocenters. The van der Waals surface area contributed by atoms with Crippen LogP contribution in [0.1, 0.15) is 44.9 Å². The molecule has 1 aliphatic carbocycles. The summed E-state index contributed by atoms with van der Waals surface area (Å²) in [5, 5.41) is 12.3. The number of methoxy groups -OCH3 is 1. The SMILES string of the molecule is COc1cc(NC(=O)CC2(C(=O)O)CCCC2)ccc1N1CCCC1=O. The van der Waals surface area contributed by atoms with Crippen molar-refractivity contribution in [1.29, 1.82) is 0 Å². The number of hydrogen-bond acceptors (Lipinski definition) is 4. The normalized spacial score (nSPS) is 18.8. The highest BCUT2D eigenvalue weighted by molar-refractivity contribution is 5.98. The van der Waals surface area contributed by atoms with Crippen molar-refractivity contribution >= 4 is 29.2 Å². The molecule has 3 rings (SSSR count). The van der Waals surface area contributed by atoms with Crippen LogP contribution in [0, 0.1) is 5.41 Å². The van der Waals surface area contributed by atoms with E-state index < -0.39 is 11.4 Å². The van der Waals surface area contributed by atoms with Gasteiger partial charge >= 0.3 is 5.97 Å². The second-order valence-electron chi connectivity index (χ2n) is 7.05. The smallest absolute Gasteiger partial charge is 0.310 e. The molecule has 26 heavy (non-hydrogen) atoms. The molecule has 0 radical (unpaired) electrons. The molecule has 1 saturated heterocycles. The van der Waals surface area contributed by atoms with E-state index in [1.165, 1.54) is 7.11 Å². The summed E-state index contributed by atoms with van der Waals surface area (Å²) in [6, 6.07) is 5.13. The van der Waals surface area contributed by atoms with Gasteiger partial charge in [0, 0.05) is 31.1 Å². The number of carboxylic acid groups (broad SMARTS) is 1. The van der Waals surface area contributed by atoms with Gasteiger partial charge < -0.3 is 20.1 Å². The average Bonchev–Trinajstić information content (AvgIpc) is 3.24. The zero-order valence-electron chi connectivity index (χ0n) is 14.9. The lowest BCUT2D eigenvalue weighted by atomic mass is 9.82. The third-order valence-electron chi connectivity index (χ3n) is 5.34. The zero-order chi connectivity index (χ0) is 18.7. The lowest BCUT2D eigenvalue weighted by molar-refractivity contribution is -0.150. The van der Waals surface area contributed by atoms with Crippen molar-refractivity contribution < 1.29 is 24.2 Å². The molecule has 0 aromatic heterocycles. The summed E-state index contributed by atoms with van der Waals surface area (Å²) in [7, 11) is 1.52. The van der Waals surface area contributed by atoms with Gasteiger partial charge in [-0.15, -0.1) is 0 Å². The first-order chi connectivity index (χ1) is 12.4. The van der Waals surface area contributed by atoms with E-state index in [0.29, 0.717) is 42.9 Å². The van der Waals surface area contributed by atoms with Gasteiger partial charge in [-0.2, -0.15) is 0 Å². The average molecular weight is 360 g/mol. The standard InChI is InChI=1S/C19H24N2O5/c1-26-15-11-13(6-7-14(15)21-10-4-5-17(21)23)20-16(22)12-19(18(24)25)8-2-3-9-19/h6-7,11H,2-5,8-10,12H2,1H3,(H,20,22)(H,24,25). The molecule has 1 aromatic carbocycles. The Morgan fingerprint density at radius 2 is 2.00 bits per heavy atom. The van der Waals surface area contributed by atoms with Crippen molar-refractivity contribution in [2.45, 2.75) is 44.9 Å². The summed E-state index contributed by atoms with van der Waals surface area (Å²) in [6.07, 6.45) is 4.07. The van der Waals surface area contributed by atoms with Crippen LogP contribution in [0.2, 0.25) is 0 Å². The maximum Gasteiger partial charge on any atom is 0.310 e. The number of ether oxygens (including phenoxy) is 1. The topological polar surface area (TPSA) is 95.9 Å². The Morgan fingerprint density at radius 1 is 1.27 bits per heavy atom. The van der Waals surface area contributed by atoms with Gasteiger partial charge in [0.25, 0.3) is 0 Å². The van der Waals surface area contributed by atoms with Crippen molar-refractivity contribution in [3.8, 4) is 5.75 Å². The molecule has 0 bridgehead atoms. The quantitative estimate of drug-likeness (QED) is 0.813. The second-order valence-corrected chi connectivity index (χ2v) is 7.05. The summed E-state index contributed by atoms with van der Waals surface area (Å²) in [4.78, 5) is 37.6. The number of nitrogens with zero attached hydrogens (tertiary/aromatic N) is 1. The van der Waals surface area contributed by atoms with Gasteiger partial charge in [0.05, 0.1) is 18.2 Å². The Labute approximate surface area is 152 Å². The lowest BCUT2D eigenvalue weighted by Crippen LogP contribution is -2.32. The van der Waals surface area contributed by atoms with E-state index in [9.17, 15) is 19.5 Å². The Hall–Kier alpha value is -2.57. The number of aliphatic carboxylic acids is 1. The Morgan fingerprint density at radius 3 is 2.58 bits per heavy atom. The van der Waals surface area contributed by atoms with Crippen LogP contribution >= 0.6 is 0 Å². The summed E-state index contributed by atoms with van der Waals surface area (Å²) >= 11 is 0. The van der Waals surface area contributed by atoms with Crippen molar-refractivity contribution in [3.05, 3.63) is 18.2 Å². The molecule has 0 atom stereocenters. The molecule has 1 aliphatic heterocycles. The minimum Gasteiger partial charge on any atom is -0.494 e. The van der Waals surface area contributed by atoms with Crippen LogP contribution in [0.15, 0.2) is 18.2 Å².